The molecule has 0 fully saturated rings. The van der Waals surface area contributed by atoms with Crippen LogP contribution in [0.25, 0.3) is 10.8 Å². The molecule has 5 nitrogen and oxygen atoms in total. The van der Waals surface area contributed by atoms with Gasteiger partial charge in [-0.15, -0.1) is 0 Å². The highest BCUT2D eigenvalue weighted by molar-refractivity contribution is 7.93. The number of carbonyl (C=O) groups is 1. The summed E-state index contributed by atoms with van der Waals surface area (Å²) < 4.78 is 28.6. The van der Waals surface area contributed by atoms with Gasteiger partial charge in [-0.25, -0.2) is 8.42 Å². The summed E-state index contributed by atoms with van der Waals surface area (Å²) in [6.07, 6.45) is 0.601. The Labute approximate surface area is 165 Å². The van der Waals surface area contributed by atoms with Crippen LogP contribution in [0.3, 0.4) is 0 Å². The molecule has 0 atom stereocenters. The largest absolute Gasteiger partial charge is 0.377 e. The van der Waals surface area contributed by atoms with E-state index in [4.69, 9.17) is 0 Å². The summed E-state index contributed by atoms with van der Waals surface area (Å²) in [5, 5.41) is 1.61. The van der Waals surface area contributed by atoms with E-state index >= 15 is 0 Å². The Balaban J connectivity index is 1.86. The van der Waals surface area contributed by atoms with E-state index < -0.39 is 10.0 Å². The van der Waals surface area contributed by atoms with Crippen molar-refractivity contribution in [2.24, 2.45) is 0 Å². The number of hydrogen-bond donors (Lipinski definition) is 0. The zero-order valence-corrected chi connectivity index (χ0v) is 17.0. The second-order valence-corrected chi connectivity index (χ2v) is 9.08. The second-order valence-electron chi connectivity index (χ2n) is 7.25. The van der Waals surface area contributed by atoms with Gasteiger partial charge < -0.3 is 4.90 Å². The predicted octanol–water partition coefficient (Wildman–Crippen LogP) is 3.86. The van der Waals surface area contributed by atoms with Gasteiger partial charge in [-0.2, -0.15) is 0 Å². The van der Waals surface area contributed by atoms with Crippen molar-refractivity contribution in [3.63, 3.8) is 0 Å². The van der Waals surface area contributed by atoms with E-state index in [1.54, 1.807) is 30.3 Å². The molecule has 4 rings (SSSR count). The van der Waals surface area contributed by atoms with Crippen LogP contribution in [-0.4, -0.2) is 34.8 Å². The Morgan fingerprint density at radius 2 is 1.71 bits per heavy atom. The minimum absolute atomic E-state index is 0.0191. The van der Waals surface area contributed by atoms with E-state index in [0.717, 1.165) is 16.6 Å². The first-order valence-corrected chi connectivity index (χ1v) is 10.6. The smallest absolute Gasteiger partial charge is 0.264 e. The van der Waals surface area contributed by atoms with Crippen molar-refractivity contribution in [2.45, 2.75) is 18.2 Å². The lowest BCUT2D eigenvalue weighted by molar-refractivity contribution is 0.101. The van der Waals surface area contributed by atoms with Crippen LogP contribution in [-0.2, 0) is 16.4 Å². The van der Waals surface area contributed by atoms with Crippen LogP contribution < -0.4 is 9.21 Å². The first kappa shape index (κ1) is 18.5. The molecule has 0 saturated carbocycles. The van der Waals surface area contributed by atoms with Crippen molar-refractivity contribution in [3.8, 4) is 0 Å². The maximum Gasteiger partial charge on any atom is 0.264 e. The zero-order valence-electron chi connectivity index (χ0n) is 16.1. The third-order valence-corrected chi connectivity index (χ3v) is 7.12. The maximum atomic E-state index is 13.6. The van der Waals surface area contributed by atoms with Gasteiger partial charge in [-0.05, 0) is 49.2 Å². The van der Waals surface area contributed by atoms with Crippen LogP contribution in [0.1, 0.15) is 22.8 Å². The standard InChI is InChI=1S/C22H22N2O3S/c1-15(25)16-10-11-20-17(14-16)12-13-24(20)28(26,27)22-9-5-6-18-19(22)7-4-8-21(18)23(2)3/h4-11,14H,12-13H2,1-3H3. The van der Waals surface area contributed by atoms with E-state index in [1.165, 1.54) is 11.2 Å². The molecule has 0 unspecified atom stereocenters. The van der Waals surface area contributed by atoms with Gasteiger partial charge in [0, 0.05) is 42.7 Å². The molecule has 0 bridgehead atoms. The average molecular weight is 394 g/mol. The van der Waals surface area contributed by atoms with Gasteiger partial charge in [0.1, 0.15) is 0 Å². The molecule has 6 heteroatoms. The van der Waals surface area contributed by atoms with Crippen LogP contribution in [0.4, 0.5) is 11.4 Å². The third kappa shape index (κ3) is 2.85. The molecule has 28 heavy (non-hydrogen) atoms. The Hall–Kier alpha value is -2.86. The SMILES string of the molecule is CC(=O)c1ccc2c(c1)CCN2S(=O)(=O)c1cccc2c(N(C)C)cccc12. The van der Waals surface area contributed by atoms with E-state index in [-0.39, 0.29) is 5.78 Å². The van der Waals surface area contributed by atoms with Gasteiger partial charge in [0.05, 0.1) is 10.6 Å². The molecular formula is C22H22N2O3S. The first-order chi connectivity index (χ1) is 13.3. The fourth-order valence-electron chi connectivity index (χ4n) is 3.84. The highest BCUT2D eigenvalue weighted by Crippen LogP contribution is 2.37. The Bertz CT molecular complexity index is 1200. The first-order valence-electron chi connectivity index (χ1n) is 9.16. The second kappa shape index (κ2) is 6.63. The van der Waals surface area contributed by atoms with Crippen LogP contribution in [0.2, 0.25) is 0 Å². The van der Waals surface area contributed by atoms with Crippen LogP contribution in [0, 0.1) is 0 Å². The van der Waals surface area contributed by atoms with Gasteiger partial charge in [0.25, 0.3) is 10.0 Å². The molecule has 0 saturated heterocycles. The minimum Gasteiger partial charge on any atom is -0.377 e. The predicted molar refractivity (Wildman–Crippen MR) is 113 cm³/mol. The summed E-state index contributed by atoms with van der Waals surface area (Å²) in [5.41, 5.74) is 3.14. The molecular weight excluding hydrogens is 372 g/mol. The zero-order chi connectivity index (χ0) is 20.1. The molecule has 0 spiro atoms. The van der Waals surface area contributed by atoms with Crippen molar-refractivity contribution in [1.29, 1.82) is 0 Å². The number of ketones is 1. The third-order valence-electron chi connectivity index (χ3n) is 5.25. The highest BCUT2D eigenvalue weighted by atomic mass is 32.2. The number of rotatable bonds is 4. The molecule has 0 radical (unpaired) electrons. The summed E-state index contributed by atoms with van der Waals surface area (Å²) in [7, 11) is 0.163. The fraction of sp³-hybridized carbons (Fsp3) is 0.227. The fourth-order valence-corrected chi connectivity index (χ4v) is 5.55. The number of sulfonamides is 1. The van der Waals surface area contributed by atoms with E-state index in [0.29, 0.717) is 34.5 Å². The van der Waals surface area contributed by atoms with Crippen molar-refractivity contribution in [1.82, 2.24) is 0 Å². The number of fused-ring (bicyclic) bond motifs is 2. The van der Waals surface area contributed by atoms with Crippen LogP contribution >= 0.6 is 0 Å². The highest BCUT2D eigenvalue weighted by Gasteiger charge is 2.32. The lowest BCUT2D eigenvalue weighted by Crippen LogP contribution is -2.29. The summed E-state index contributed by atoms with van der Waals surface area (Å²) in [5.74, 6) is -0.0191. The monoisotopic (exact) mass is 394 g/mol. The topological polar surface area (TPSA) is 57.7 Å². The van der Waals surface area contributed by atoms with Crippen LogP contribution in [0.15, 0.2) is 59.5 Å². The summed E-state index contributed by atoms with van der Waals surface area (Å²) >= 11 is 0. The normalized spacial score (nSPS) is 13.6. The summed E-state index contributed by atoms with van der Waals surface area (Å²) in [6, 6.07) is 16.4. The Kier molecular flexibility index (Phi) is 4.38. The molecule has 0 aromatic heterocycles. The lowest BCUT2D eigenvalue weighted by Gasteiger charge is -2.22. The van der Waals surface area contributed by atoms with Crippen molar-refractivity contribution < 1.29 is 13.2 Å². The molecule has 3 aromatic carbocycles. The van der Waals surface area contributed by atoms with E-state index in [1.807, 2.05) is 43.3 Å². The molecule has 1 aliphatic rings. The van der Waals surface area contributed by atoms with E-state index in [2.05, 4.69) is 0 Å². The van der Waals surface area contributed by atoms with E-state index in [9.17, 15) is 13.2 Å². The Morgan fingerprint density at radius 1 is 1.00 bits per heavy atom. The van der Waals surface area contributed by atoms with Gasteiger partial charge >= 0.3 is 0 Å². The Morgan fingerprint density at radius 3 is 2.43 bits per heavy atom. The van der Waals surface area contributed by atoms with Crippen molar-refractivity contribution in [3.05, 3.63) is 65.7 Å². The van der Waals surface area contributed by atoms with Gasteiger partial charge in [-0.1, -0.05) is 24.3 Å². The van der Waals surface area contributed by atoms with Crippen molar-refractivity contribution in [2.75, 3.05) is 29.8 Å². The number of nitrogens with zero attached hydrogens (tertiary/aromatic N) is 2. The molecule has 1 heterocycles. The summed E-state index contributed by atoms with van der Waals surface area (Å²) in [6.45, 7) is 1.90. The number of anilines is 2. The minimum atomic E-state index is -3.72. The van der Waals surface area contributed by atoms with Gasteiger partial charge in [0.15, 0.2) is 5.78 Å². The molecule has 3 aromatic rings. The number of Topliss-reactive ketones (excluding diaryl/α,β-unsaturated/α-hetero) is 1. The molecule has 144 valence electrons. The number of benzene rings is 3. The quantitative estimate of drug-likeness (QED) is 0.631. The lowest BCUT2D eigenvalue weighted by atomic mass is 10.1. The van der Waals surface area contributed by atoms with Crippen LogP contribution in [0.5, 0.6) is 0 Å². The maximum absolute atomic E-state index is 13.6. The number of carbonyl (C=O) groups excluding carboxylic acids is 1. The van der Waals surface area contributed by atoms with Gasteiger partial charge in [-0.3, -0.25) is 9.10 Å². The molecule has 0 aliphatic carbocycles. The average Bonchev–Trinajstić information content (AvgIpc) is 3.10. The molecule has 1 aliphatic heterocycles. The van der Waals surface area contributed by atoms with Crippen molar-refractivity contribution >= 4 is 38.0 Å². The summed E-state index contributed by atoms with van der Waals surface area (Å²) in [4.78, 5) is 13.9. The van der Waals surface area contributed by atoms with Gasteiger partial charge in [0.2, 0.25) is 0 Å². The molecule has 0 amide bonds. The molecule has 0 N–H and O–H groups in total. The number of hydrogen-bond acceptors (Lipinski definition) is 4.